The fourth-order valence-corrected chi connectivity index (χ4v) is 4.14. The number of carbonyl (C=O) groups excluding carboxylic acids is 2. The second kappa shape index (κ2) is 7.22. The molecule has 0 spiro atoms. The zero-order chi connectivity index (χ0) is 19.1. The van der Waals surface area contributed by atoms with Gasteiger partial charge >= 0.3 is 6.09 Å². The molecule has 0 radical (unpaired) electrons. The van der Waals surface area contributed by atoms with Crippen LogP contribution in [0, 0.1) is 0 Å². The van der Waals surface area contributed by atoms with Crippen LogP contribution in [0.25, 0.3) is 0 Å². The summed E-state index contributed by atoms with van der Waals surface area (Å²) in [6.45, 7) is 8.95. The third-order valence-electron chi connectivity index (χ3n) is 5.08. The first-order valence-corrected chi connectivity index (χ1v) is 10.0. The number of Topliss-reactive ketones (excluding diaryl/α,β-unsaturated/α-hetero) is 1. The number of ether oxygens (including phenoxy) is 1. The van der Waals surface area contributed by atoms with Crippen LogP contribution in [0.4, 0.5) is 10.5 Å². The van der Waals surface area contributed by atoms with Crippen molar-refractivity contribution in [2.75, 3.05) is 18.0 Å². The maximum absolute atomic E-state index is 12.5. The highest BCUT2D eigenvalue weighted by atomic mass is 79.9. The summed E-state index contributed by atoms with van der Waals surface area (Å²) in [5.41, 5.74) is 1.75. The van der Waals surface area contributed by atoms with E-state index in [0.717, 1.165) is 28.6 Å². The first kappa shape index (κ1) is 19.2. The quantitative estimate of drug-likeness (QED) is 0.681. The predicted molar refractivity (Wildman–Crippen MR) is 106 cm³/mol. The fourth-order valence-electron chi connectivity index (χ4n) is 3.79. The molecule has 6 heteroatoms. The van der Waals surface area contributed by atoms with Gasteiger partial charge in [-0.3, -0.25) is 4.79 Å². The summed E-state index contributed by atoms with van der Waals surface area (Å²) in [4.78, 5) is 28.8. The minimum absolute atomic E-state index is 0.130. The van der Waals surface area contributed by atoms with Crippen molar-refractivity contribution in [1.29, 1.82) is 0 Å². The summed E-state index contributed by atoms with van der Waals surface area (Å²) in [6, 6.07) is 6.26. The van der Waals surface area contributed by atoms with E-state index in [1.165, 1.54) is 0 Å². The molecular formula is C20H27BrN2O3. The van der Waals surface area contributed by atoms with Gasteiger partial charge in [-0.2, -0.15) is 0 Å². The molecule has 1 saturated heterocycles. The number of piperidine rings is 1. The molecule has 1 aromatic carbocycles. The summed E-state index contributed by atoms with van der Waals surface area (Å²) in [5.74, 6) is 0.259. The average molecular weight is 423 g/mol. The number of hydrogen-bond donors (Lipinski definition) is 0. The number of ketones is 1. The fraction of sp³-hybridized carbons (Fsp3) is 0.600. The number of halogens is 1. The molecule has 5 nitrogen and oxygen atoms in total. The zero-order valence-electron chi connectivity index (χ0n) is 15.9. The molecule has 0 bridgehead atoms. The molecule has 1 aromatic rings. The Kier molecular flexibility index (Phi) is 5.33. The number of amides is 1. The van der Waals surface area contributed by atoms with Crippen LogP contribution >= 0.6 is 15.9 Å². The number of benzene rings is 1. The van der Waals surface area contributed by atoms with E-state index in [2.05, 4.69) is 26.9 Å². The molecule has 2 aliphatic heterocycles. The van der Waals surface area contributed by atoms with Crippen LogP contribution in [0.5, 0.6) is 0 Å². The third-order valence-corrected chi connectivity index (χ3v) is 5.58. The van der Waals surface area contributed by atoms with Gasteiger partial charge in [-0.05, 0) is 58.2 Å². The number of hydrogen-bond acceptors (Lipinski definition) is 4. The molecule has 0 unspecified atom stereocenters. The molecule has 1 amide bonds. The Morgan fingerprint density at radius 1 is 1.23 bits per heavy atom. The minimum atomic E-state index is -0.479. The third kappa shape index (κ3) is 4.05. The Labute approximate surface area is 163 Å². The SMILES string of the molecule is C[C@@H]1C(=O)Cc2ccc(Br)cc2N1C1CCN(C(=O)OC(C)(C)C)CC1. The van der Waals surface area contributed by atoms with Crippen molar-refractivity contribution in [3.05, 3.63) is 28.2 Å². The standard InChI is InChI=1S/C20H27BrN2O3/c1-13-18(24)11-14-5-6-15(21)12-17(14)23(13)16-7-9-22(10-8-16)19(25)26-20(2,3)4/h5-6,12-13,16H,7-11H2,1-4H3/t13-/m1/s1. The lowest BCUT2D eigenvalue weighted by Gasteiger charge is -2.45. The number of carbonyl (C=O) groups is 2. The van der Waals surface area contributed by atoms with Gasteiger partial charge < -0.3 is 14.5 Å². The van der Waals surface area contributed by atoms with Gasteiger partial charge in [0, 0.05) is 35.7 Å². The maximum Gasteiger partial charge on any atom is 0.410 e. The van der Waals surface area contributed by atoms with Crippen LogP contribution in [-0.4, -0.2) is 47.6 Å². The molecule has 0 N–H and O–H groups in total. The van der Waals surface area contributed by atoms with Gasteiger partial charge in [0.25, 0.3) is 0 Å². The molecule has 2 aliphatic rings. The van der Waals surface area contributed by atoms with Crippen molar-refractivity contribution in [3.63, 3.8) is 0 Å². The molecule has 0 saturated carbocycles. The van der Waals surface area contributed by atoms with E-state index in [0.29, 0.717) is 19.5 Å². The Hall–Kier alpha value is -1.56. The molecule has 3 rings (SSSR count). The Bertz CT molecular complexity index is 705. The van der Waals surface area contributed by atoms with Crippen molar-refractivity contribution in [1.82, 2.24) is 4.90 Å². The normalized spacial score (nSPS) is 21.6. The number of nitrogens with zero attached hydrogens (tertiary/aromatic N) is 2. The van der Waals surface area contributed by atoms with E-state index in [1.807, 2.05) is 39.8 Å². The zero-order valence-corrected chi connectivity index (χ0v) is 17.5. The summed E-state index contributed by atoms with van der Waals surface area (Å²) in [5, 5.41) is 0. The van der Waals surface area contributed by atoms with Gasteiger partial charge in [-0.25, -0.2) is 4.79 Å². The molecule has 1 fully saturated rings. The summed E-state index contributed by atoms with van der Waals surface area (Å²) in [7, 11) is 0. The first-order chi connectivity index (χ1) is 12.2. The highest BCUT2D eigenvalue weighted by molar-refractivity contribution is 9.10. The van der Waals surface area contributed by atoms with Crippen LogP contribution in [0.3, 0.4) is 0 Å². The number of anilines is 1. The van der Waals surface area contributed by atoms with Gasteiger partial charge in [0.1, 0.15) is 5.60 Å². The molecule has 142 valence electrons. The topological polar surface area (TPSA) is 49.9 Å². The van der Waals surface area contributed by atoms with Gasteiger partial charge in [-0.1, -0.05) is 22.0 Å². The predicted octanol–water partition coefficient (Wildman–Crippen LogP) is 4.17. The van der Waals surface area contributed by atoms with Crippen molar-refractivity contribution < 1.29 is 14.3 Å². The Morgan fingerprint density at radius 3 is 2.50 bits per heavy atom. The molecule has 0 aliphatic carbocycles. The van der Waals surface area contributed by atoms with Crippen molar-refractivity contribution in [2.24, 2.45) is 0 Å². The minimum Gasteiger partial charge on any atom is -0.444 e. The molecule has 0 aromatic heterocycles. The smallest absolute Gasteiger partial charge is 0.410 e. The first-order valence-electron chi connectivity index (χ1n) is 9.23. The second-order valence-electron chi connectivity index (χ2n) is 8.20. The molecule has 2 heterocycles. The van der Waals surface area contributed by atoms with E-state index in [9.17, 15) is 9.59 Å². The molecule has 26 heavy (non-hydrogen) atoms. The highest BCUT2D eigenvalue weighted by Crippen LogP contribution is 2.35. The average Bonchev–Trinajstić information content (AvgIpc) is 2.55. The maximum atomic E-state index is 12.5. The van der Waals surface area contributed by atoms with Crippen molar-refractivity contribution in [3.8, 4) is 0 Å². The van der Waals surface area contributed by atoms with E-state index in [4.69, 9.17) is 4.74 Å². The van der Waals surface area contributed by atoms with Crippen molar-refractivity contribution in [2.45, 2.75) is 64.6 Å². The van der Waals surface area contributed by atoms with Crippen LogP contribution in [0.15, 0.2) is 22.7 Å². The number of likely N-dealkylation sites (tertiary alicyclic amines) is 1. The Balaban J connectivity index is 1.74. The van der Waals surface area contributed by atoms with Crippen LogP contribution in [0.1, 0.15) is 46.1 Å². The van der Waals surface area contributed by atoms with Gasteiger partial charge in [-0.15, -0.1) is 0 Å². The second-order valence-corrected chi connectivity index (χ2v) is 9.11. The van der Waals surface area contributed by atoms with E-state index in [-0.39, 0.29) is 24.0 Å². The molecule has 1 atom stereocenters. The lowest BCUT2D eigenvalue weighted by Crippen LogP contribution is -2.54. The van der Waals surface area contributed by atoms with Crippen LogP contribution in [-0.2, 0) is 16.0 Å². The largest absolute Gasteiger partial charge is 0.444 e. The number of rotatable bonds is 1. The van der Waals surface area contributed by atoms with Gasteiger partial charge in [0.05, 0.1) is 6.04 Å². The van der Waals surface area contributed by atoms with E-state index >= 15 is 0 Å². The molecular weight excluding hydrogens is 396 g/mol. The van der Waals surface area contributed by atoms with Crippen LogP contribution in [0.2, 0.25) is 0 Å². The van der Waals surface area contributed by atoms with E-state index in [1.54, 1.807) is 4.90 Å². The van der Waals surface area contributed by atoms with Gasteiger partial charge in [0.15, 0.2) is 5.78 Å². The monoisotopic (exact) mass is 422 g/mol. The lowest BCUT2D eigenvalue weighted by atomic mass is 9.91. The highest BCUT2D eigenvalue weighted by Gasteiger charge is 2.37. The van der Waals surface area contributed by atoms with Crippen LogP contribution < -0.4 is 4.90 Å². The Morgan fingerprint density at radius 2 is 1.88 bits per heavy atom. The summed E-state index contributed by atoms with van der Waals surface area (Å²) in [6.07, 6.45) is 1.92. The summed E-state index contributed by atoms with van der Waals surface area (Å²) >= 11 is 3.55. The van der Waals surface area contributed by atoms with Gasteiger partial charge in [0.2, 0.25) is 0 Å². The lowest BCUT2D eigenvalue weighted by molar-refractivity contribution is -0.119. The van der Waals surface area contributed by atoms with Crippen molar-refractivity contribution >= 4 is 33.5 Å². The number of fused-ring (bicyclic) bond motifs is 1. The summed E-state index contributed by atoms with van der Waals surface area (Å²) < 4.78 is 6.50. The van der Waals surface area contributed by atoms with E-state index < -0.39 is 5.60 Å².